The molecule has 1 aromatic carbocycles. The van der Waals surface area contributed by atoms with Crippen LogP contribution in [0.4, 0.5) is 0 Å². The standard InChI is InChI=1S/C20H28N2O4/c1-4-5-6-7-20(23)21-15-17(22-10-12-26-13-11-22)16-8-9-18(24-2)19(14-16)25-3/h4-9,14,17H,10-13,15H2,1-3H3,(H,21,23)/b5-4+,7-6+. The topological polar surface area (TPSA) is 60.0 Å². The van der Waals surface area contributed by atoms with Gasteiger partial charge in [-0.15, -0.1) is 0 Å². The molecule has 1 fully saturated rings. The number of allylic oxidation sites excluding steroid dienone is 3. The fourth-order valence-corrected chi connectivity index (χ4v) is 2.92. The molecule has 6 heteroatoms. The number of hydrogen-bond donors (Lipinski definition) is 1. The van der Waals surface area contributed by atoms with Gasteiger partial charge in [0.25, 0.3) is 0 Å². The molecule has 2 rings (SSSR count). The maximum atomic E-state index is 12.0. The van der Waals surface area contributed by atoms with Gasteiger partial charge in [0.15, 0.2) is 11.5 Å². The van der Waals surface area contributed by atoms with E-state index in [4.69, 9.17) is 14.2 Å². The average Bonchev–Trinajstić information content (AvgIpc) is 2.69. The smallest absolute Gasteiger partial charge is 0.244 e. The fourth-order valence-electron chi connectivity index (χ4n) is 2.92. The summed E-state index contributed by atoms with van der Waals surface area (Å²) in [6, 6.07) is 5.93. The molecule has 26 heavy (non-hydrogen) atoms. The van der Waals surface area contributed by atoms with E-state index in [1.165, 1.54) is 6.08 Å². The molecule has 6 nitrogen and oxygen atoms in total. The van der Waals surface area contributed by atoms with Crippen molar-refractivity contribution in [3.05, 3.63) is 48.1 Å². The van der Waals surface area contributed by atoms with Crippen molar-refractivity contribution in [1.29, 1.82) is 0 Å². The molecular weight excluding hydrogens is 332 g/mol. The molecule has 0 saturated carbocycles. The van der Waals surface area contributed by atoms with Crippen molar-refractivity contribution in [2.45, 2.75) is 13.0 Å². The summed E-state index contributed by atoms with van der Waals surface area (Å²) in [6.07, 6.45) is 6.97. The number of carbonyl (C=O) groups is 1. The third-order valence-electron chi connectivity index (χ3n) is 4.30. The van der Waals surface area contributed by atoms with Crippen LogP contribution in [0.3, 0.4) is 0 Å². The Morgan fingerprint density at radius 2 is 1.96 bits per heavy atom. The molecule has 1 aliphatic rings. The molecule has 1 aromatic rings. The van der Waals surface area contributed by atoms with Crippen LogP contribution in [0.5, 0.6) is 11.5 Å². The lowest BCUT2D eigenvalue weighted by Crippen LogP contribution is -2.43. The van der Waals surface area contributed by atoms with Crippen molar-refractivity contribution >= 4 is 5.91 Å². The fraction of sp³-hybridized carbons (Fsp3) is 0.450. The Balaban J connectivity index is 2.16. The summed E-state index contributed by atoms with van der Waals surface area (Å²) in [5.74, 6) is 1.26. The maximum Gasteiger partial charge on any atom is 0.244 e. The van der Waals surface area contributed by atoms with Gasteiger partial charge in [-0.2, -0.15) is 0 Å². The molecule has 1 aliphatic heterocycles. The third kappa shape index (κ3) is 5.61. The van der Waals surface area contributed by atoms with E-state index in [1.54, 1.807) is 20.3 Å². The Hall–Kier alpha value is -2.31. The molecule has 0 spiro atoms. The van der Waals surface area contributed by atoms with E-state index in [9.17, 15) is 4.79 Å². The minimum absolute atomic E-state index is 0.0396. The van der Waals surface area contributed by atoms with E-state index in [0.717, 1.165) is 18.7 Å². The van der Waals surface area contributed by atoms with Crippen LogP contribution in [-0.4, -0.2) is 57.9 Å². The molecule has 1 N–H and O–H groups in total. The Kier molecular flexibility index (Phi) is 8.18. The van der Waals surface area contributed by atoms with Crippen molar-refractivity contribution in [1.82, 2.24) is 10.2 Å². The average molecular weight is 360 g/mol. The van der Waals surface area contributed by atoms with Gasteiger partial charge in [0.1, 0.15) is 0 Å². The number of nitrogens with one attached hydrogen (secondary N) is 1. The number of nitrogens with zero attached hydrogens (tertiary/aromatic N) is 1. The predicted octanol–water partition coefficient (Wildman–Crippen LogP) is 2.33. The summed E-state index contributed by atoms with van der Waals surface area (Å²) in [5, 5.41) is 2.99. The zero-order valence-electron chi connectivity index (χ0n) is 15.7. The first-order valence-corrected chi connectivity index (χ1v) is 8.80. The van der Waals surface area contributed by atoms with Crippen molar-refractivity contribution in [3.63, 3.8) is 0 Å². The Morgan fingerprint density at radius 3 is 2.62 bits per heavy atom. The summed E-state index contributed by atoms with van der Waals surface area (Å²) in [7, 11) is 3.24. The lowest BCUT2D eigenvalue weighted by molar-refractivity contribution is -0.116. The zero-order valence-corrected chi connectivity index (χ0v) is 15.7. The van der Waals surface area contributed by atoms with Gasteiger partial charge < -0.3 is 19.5 Å². The quantitative estimate of drug-likeness (QED) is 0.570. The molecule has 1 heterocycles. The minimum atomic E-state index is -0.109. The van der Waals surface area contributed by atoms with Crippen molar-refractivity contribution in [2.24, 2.45) is 0 Å². The van der Waals surface area contributed by atoms with Crippen LogP contribution in [0.15, 0.2) is 42.5 Å². The van der Waals surface area contributed by atoms with Gasteiger partial charge >= 0.3 is 0 Å². The first kappa shape index (κ1) is 20.0. The second kappa shape index (κ2) is 10.6. The highest BCUT2D eigenvalue weighted by Crippen LogP contribution is 2.32. The van der Waals surface area contributed by atoms with Crippen molar-refractivity contribution in [2.75, 3.05) is 47.1 Å². The van der Waals surface area contributed by atoms with Crippen molar-refractivity contribution < 1.29 is 19.0 Å². The molecule has 142 valence electrons. The number of carbonyl (C=O) groups excluding carboxylic acids is 1. The van der Waals surface area contributed by atoms with Gasteiger partial charge in [0.05, 0.1) is 33.5 Å². The molecule has 1 unspecified atom stereocenters. The lowest BCUT2D eigenvalue weighted by Gasteiger charge is -2.35. The molecule has 0 aromatic heterocycles. The highest BCUT2D eigenvalue weighted by Gasteiger charge is 2.24. The number of ether oxygens (including phenoxy) is 3. The van der Waals surface area contributed by atoms with Crippen LogP contribution in [0, 0.1) is 0 Å². The predicted molar refractivity (Wildman–Crippen MR) is 102 cm³/mol. The van der Waals surface area contributed by atoms with Gasteiger partial charge in [0, 0.05) is 25.7 Å². The van der Waals surface area contributed by atoms with Crippen molar-refractivity contribution in [3.8, 4) is 11.5 Å². The zero-order chi connectivity index (χ0) is 18.8. The molecule has 1 atom stereocenters. The number of hydrogen-bond acceptors (Lipinski definition) is 5. The second-order valence-corrected chi connectivity index (χ2v) is 5.91. The summed E-state index contributed by atoms with van der Waals surface area (Å²) in [6.45, 7) is 5.45. The third-order valence-corrected chi connectivity index (χ3v) is 4.30. The minimum Gasteiger partial charge on any atom is -0.493 e. The lowest BCUT2D eigenvalue weighted by atomic mass is 10.0. The largest absolute Gasteiger partial charge is 0.493 e. The van der Waals surface area contributed by atoms with E-state index in [1.807, 2.05) is 37.3 Å². The second-order valence-electron chi connectivity index (χ2n) is 5.91. The van der Waals surface area contributed by atoms with E-state index < -0.39 is 0 Å². The number of amides is 1. The van der Waals surface area contributed by atoms with Crippen LogP contribution in [0.1, 0.15) is 18.5 Å². The molecule has 0 radical (unpaired) electrons. The Bertz CT molecular complexity index is 637. The van der Waals surface area contributed by atoms with Gasteiger partial charge in [-0.25, -0.2) is 0 Å². The number of rotatable bonds is 8. The van der Waals surface area contributed by atoms with Crippen LogP contribution in [0.2, 0.25) is 0 Å². The molecule has 0 aliphatic carbocycles. The molecule has 0 bridgehead atoms. The number of morpholine rings is 1. The van der Waals surface area contributed by atoms with E-state index in [2.05, 4.69) is 10.2 Å². The monoisotopic (exact) mass is 360 g/mol. The summed E-state index contributed by atoms with van der Waals surface area (Å²) >= 11 is 0. The van der Waals surface area contributed by atoms with Gasteiger partial charge in [0.2, 0.25) is 5.91 Å². The van der Waals surface area contributed by atoms with E-state index in [-0.39, 0.29) is 11.9 Å². The van der Waals surface area contributed by atoms with Gasteiger partial charge in [-0.1, -0.05) is 24.3 Å². The Morgan fingerprint density at radius 1 is 1.23 bits per heavy atom. The normalized spacial score (nSPS) is 16.7. The summed E-state index contributed by atoms with van der Waals surface area (Å²) in [4.78, 5) is 14.4. The summed E-state index contributed by atoms with van der Waals surface area (Å²) in [5.41, 5.74) is 1.07. The van der Waals surface area contributed by atoms with Crippen LogP contribution < -0.4 is 14.8 Å². The van der Waals surface area contributed by atoms with E-state index >= 15 is 0 Å². The van der Waals surface area contributed by atoms with Gasteiger partial charge in [-0.05, 0) is 24.6 Å². The molecular formula is C20H28N2O4. The number of methoxy groups -OCH3 is 2. The first-order valence-electron chi connectivity index (χ1n) is 8.80. The maximum absolute atomic E-state index is 12.0. The Labute approximate surface area is 155 Å². The number of benzene rings is 1. The SMILES string of the molecule is C/C=C/C=C/C(=O)NCC(c1ccc(OC)c(OC)c1)N1CCOCC1. The first-order chi connectivity index (χ1) is 12.7. The van der Waals surface area contributed by atoms with Crippen LogP contribution in [0.25, 0.3) is 0 Å². The highest BCUT2D eigenvalue weighted by molar-refractivity contribution is 5.87. The van der Waals surface area contributed by atoms with Crippen LogP contribution in [-0.2, 0) is 9.53 Å². The highest BCUT2D eigenvalue weighted by atomic mass is 16.5. The summed E-state index contributed by atoms with van der Waals surface area (Å²) < 4.78 is 16.2. The molecule has 1 amide bonds. The van der Waals surface area contributed by atoms with Crippen LogP contribution >= 0.6 is 0 Å². The molecule has 1 saturated heterocycles. The van der Waals surface area contributed by atoms with E-state index in [0.29, 0.717) is 31.3 Å². The van der Waals surface area contributed by atoms with Gasteiger partial charge in [-0.3, -0.25) is 9.69 Å².